The number of nitrogens with zero attached hydrogens (tertiary/aromatic N) is 2. The van der Waals surface area contributed by atoms with E-state index in [2.05, 4.69) is 10.5 Å². The van der Waals surface area contributed by atoms with Gasteiger partial charge < -0.3 is 36.0 Å². The average Bonchev–Trinajstić information content (AvgIpc) is 3.30. The third kappa shape index (κ3) is 3.63. The van der Waals surface area contributed by atoms with E-state index in [1.165, 1.54) is 25.1 Å². The van der Waals surface area contributed by atoms with E-state index < -0.39 is 92.3 Å². The van der Waals surface area contributed by atoms with Crippen molar-refractivity contribution in [1.29, 1.82) is 0 Å². The normalized spacial score (nSPS) is 26.0. The third-order valence-electron chi connectivity index (χ3n) is 7.78. The minimum absolute atomic E-state index is 0.164. The van der Waals surface area contributed by atoms with Crippen LogP contribution in [0.3, 0.4) is 0 Å². The summed E-state index contributed by atoms with van der Waals surface area (Å²) in [7, 11) is 2.95. The number of fused-ring (bicyclic) bond motifs is 3. The number of carbonyl (C=O) groups is 4. The Bertz CT molecular complexity index is 1590. The molecule has 40 heavy (non-hydrogen) atoms. The number of aliphatic hydroxyl groups is 3. The summed E-state index contributed by atoms with van der Waals surface area (Å²) in [5.41, 5.74) is -0.188. The molecule has 1 aromatic carbocycles. The number of hydrogen-bond acceptors (Lipinski definition) is 11. The highest BCUT2D eigenvalue weighted by molar-refractivity contribution is 6.24. The molecule has 0 spiro atoms. The number of anilines is 1. The Hall–Kier alpha value is -4.56. The number of carbonyl (C=O) groups excluding carboxylic acids is 4. The lowest BCUT2D eigenvalue weighted by atomic mass is 9.57. The van der Waals surface area contributed by atoms with E-state index in [0.29, 0.717) is 5.76 Å². The molecule has 1 saturated carbocycles. The van der Waals surface area contributed by atoms with Crippen LogP contribution in [0.25, 0.3) is 5.76 Å². The number of nitrogens with one attached hydrogen (secondary N) is 1. The van der Waals surface area contributed by atoms with Crippen LogP contribution in [0.1, 0.15) is 33.8 Å². The lowest BCUT2D eigenvalue weighted by molar-refractivity contribution is -0.153. The van der Waals surface area contributed by atoms with E-state index in [0.717, 1.165) is 6.07 Å². The number of phenolic OH excluding ortho intramolecular Hbond substituents is 1. The largest absolute Gasteiger partial charge is 0.508 e. The summed E-state index contributed by atoms with van der Waals surface area (Å²) < 4.78 is 20.2. The Kier molecular flexibility index (Phi) is 6.08. The Morgan fingerprint density at radius 1 is 1.23 bits per heavy atom. The molecular formula is C26H25FN4O9. The van der Waals surface area contributed by atoms with Crippen LogP contribution in [0.15, 0.2) is 33.6 Å². The van der Waals surface area contributed by atoms with E-state index in [9.17, 15) is 39.6 Å². The SMILES string of the molecule is Cc1cc(C(=O)Nc2cc(F)c3c(c2O)C(O)=C2C(=O)[C@]4(O)C(O)=C(C(N)=O)C(=O)[C@@H](N(C)C)[C@@H]4C[C@@H]2C3)no1. The minimum Gasteiger partial charge on any atom is -0.508 e. The number of ketones is 2. The maximum absolute atomic E-state index is 15.3. The van der Waals surface area contributed by atoms with Gasteiger partial charge in [0, 0.05) is 29.2 Å². The first kappa shape index (κ1) is 27.0. The van der Waals surface area contributed by atoms with Gasteiger partial charge >= 0.3 is 0 Å². The van der Waals surface area contributed by atoms with Gasteiger partial charge in [-0.25, -0.2) is 4.39 Å². The number of likely N-dealkylation sites (N-methyl/N-ethyl adjacent to an activating group) is 1. The molecule has 0 radical (unpaired) electrons. The number of aromatic hydroxyl groups is 1. The molecule has 0 saturated heterocycles. The number of benzene rings is 1. The summed E-state index contributed by atoms with van der Waals surface area (Å²) in [5, 5.41) is 50.5. The Labute approximate surface area is 225 Å². The van der Waals surface area contributed by atoms with Crippen molar-refractivity contribution in [3.63, 3.8) is 0 Å². The summed E-state index contributed by atoms with van der Waals surface area (Å²) in [6.45, 7) is 1.54. The van der Waals surface area contributed by atoms with Crippen LogP contribution in [0.2, 0.25) is 0 Å². The molecule has 0 bridgehead atoms. The molecule has 1 fully saturated rings. The van der Waals surface area contributed by atoms with Gasteiger partial charge in [0.2, 0.25) is 5.78 Å². The van der Waals surface area contributed by atoms with Gasteiger partial charge in [-0.2, -0.15) is 0 Å². The molecule has 4 atom stereocenters. The van der Waals surface area contributed by atoms with Gasteiger partial charge in [-0.05, 0) is 39.8 Å². The van der Waals surface area contributed by atoms with Crippen molar-refractivity contribution in [2.24, 2.45) is 17.6 Å². The first-order chi connectivity index (χ1) is 18.7. The van der Waals surface area contributed by atoms with Crippen molar-refractivity contribution in [3.8, 4) is 5.75 Å². The number of amides is 2. The predicted molar refractivity (Wildman–Crippen MR) is 133 cm³/mol. The molecule has 7 N–H and O–H groups in total. The quantitative estimate of drug-likeness (QED) is 0.227. The fourth-order valence-corrected chi connectivity index (χ4v) is 6.02. The lowest BCUT2D eigenvalue weighted by Crippen LogP contribution is -2.65. The van der Waals surface area contributed by atoms with Gasteiger partial charge in [-0.1, -0.05) is 5.16 Å². The summed E-state index contributed by atoms with van der Waals surface area (Å²) in [6, 6.07) is 0.895. The first-order valence-electron chi connectivity index (χ1n) is 12.1. The van der Waals surface area contributed by atoms with Crippen molar-refractivity contribution in [2.75, 3.05) is 19.4 Å². The topological polar surface area (TPSA) is 217 Å². The fraction of sp³-hybridized carbons (Fsp3) is 0.346. The van der Waals surface area contributed by atoms with Crippen molar-refractivity contribution in [2.45, 2.75) is 31.4 Å². The van der Waals surface area contributed by atoms with Crippen LogP contribution in [0, 0.1) is 24.6 Å². The number of aryl methyl sites for hydroxylation is 1. The molecular weight excluding hydrogens is 531 g/mol. The molecule has 3 aliphatic rings. The number of hydrogen-bond donors (Lipinski definition) is 6. The van der Waals surface area contributed by atoms with Crippen molar-refractivity contribution < 1.29 is 48.5 Å². The molecule has 14 heteroatoms. The van der Waals surface area contributed by atoms with Crippen molar-refractivity contribution in [1.82, 2.24) is 10.1 Å². The van der Waals surface area contributed by atoms with Crippen molar-refractivity contribution >= 4 is 34.8 Å². The number of phenols is 1. The number of aliphatic hydroxyl groups excluding tert-OH is 2. The van der Waals surface area contributed by atoms with Gasteiger partial charge in [0.05, 0.1) is 17.3 Å². The average molecular weight is 557 g/mol. The standard InChI is InChI=1S/C26H25FN4O9/c1-8-4-14(30-40-8)25(38)29-13-7-12(27)10-5-9-6-11-18(31(2)3)21(34)17(24(28)37)23(36)26(11,39)22(35)15(9)20(33)16(10)19(13)32/h4,7,9,11,18,32-33,36,39H,5-6H2,1-3H3,(H2,28,37)(H,29,38)/t9-,11-,18-,26-/m0/s1. The molecule has 1 heterocycles. The summed E-state index contributed by atoms with van der Waals surface area (Å²) in [5.74, 6) is -10.0. The number of primary amides is 1. The Balaban J connectivity index is 1.65. The van der Waals surface area contributed by atoms with Gasteiger partial charge in [0.15, 0.2) is 22.8 Å². The van der Waals surface area contributed by atoms with E-state index in [1.807, 2.05) is 0 Å². The zero-order valence-electron chi connectivity index (χ0n) is 21.5. The van der Waals surface area contributed by atoms with E-state index in [-0.39, 0.29) is 24.1 Å². The number of rotatable bonds is 4. The molecule has 210 valence electrons. The fourth-order valence-electron chi connectivity index (χ4n) is 6.02. The highest BCUT2D eigenvalue weighted by atomic mass is 19.1. The third-order valence-corrected chi connectivity index (χ3v) is 7.78. The van der Waals surface area contributed by atoms with Gasteiger partial charge in [-0.15, -0.1) is 0 Å². The van der Waals surface area contributed by atoms with Crippen LogP contribution >= 0.6 is 0 Å². The maximum Gasteiger partial charge on any atom is 0.277 e. The molecule has 2 aromatic rings. The first-order valence-corrected chi connectivity index (χ1v) is 12.1. The van der Waals surface area contributed by atoms with Gasteiger partial charge in [0.1, 0.15) is 28.7 Å². The summed E-state index contributed by atoms with van der Waals surface area (Å²) >= 11 is 0. The Morgan fingerprint density at radius 2 is 1.90 bits per heavy atom. The highest BCUT2D eigenvalue weighted by Crippen LogP contribution is 2.53. The Morgan fingerprint density at radius 3 is 2.48 bits per heavy atom. The second kappa shape index (κ2) is 8.99. The second-order valence-electron chi connectivity index (χ2n) is 10.3. The number of nitrogens with two attached hydrogens (primary N) is 1. The van der Waals surface area contributed by atoms with Gasteiger partial charge in [0.25, 0.3) is 11.8 Å². The number of halogens is 1. The summed E-state index contributed by atoms with van der Waals surface area (Å²) in [6.07, 6.45) is -0.416. The number of aromatic nitrogens is 1. The zero-order valence-corrected chi connectivity index (χ0v) is 21.5. The molecule has 3 aliphatic carbocycles. The smallest absolute Gasteiger partial charge is 0.277 e. The number of Topliss-reactive ketones (excluding diaryl/α,β-unsaturated/α-hetero) is 2. The molecule has 0 aliphatic heterocycles. The van der Waals surface area contributed by atoms with Crippen LogP contribution in [-0.4, -0.2) is 79.6 Å². The molecule has 0 unspecified atom stereocenters. The molecule has 13 nitrogen and oxygen atoms in total. The molecule has 1 aromatic heterocycles. The second-order valence-corrected chi connectivity index (χ2v) is 10.3. The monoisotopic (exact) mass is 556 g/mol. The van der Waals surface area contributed by atoms with Crippen molar-refractivity contribution in [3.05, 3.63) is 57.4 Å². The van der Waals surface area contributed by atoms with E-state index in [1.54, 1.807) is 6.92 Å². The van der Waals surface area contributed by atoms with Crippen LogP contribution in [0.5, 0.6) is 5.75 Å². The van der Waals surface area contributed by atoms with E-state index in [4.69, 9.17) is 10.3 Å². The van der Waals surface area contributed by atoms with Crippen LogP contribution in [-0.2, 0) is 20.8 Å². The zero-order chi connectivity index (χ0) is 29.4. The predicted octanol–water partition coefficient (Wildman–Crippen LogP) is 0.652. The molecule has 2 amide bonds. The lowest BCUT2D eigenvalue weighted by Gasteiger charge is -2.50. The van der Waals surface area contributed by atoms with Gasteiger partial charge in [-0.3, -0.25) is 24.1 Å². The maximum atomic E-state index is 15.3. The van der Waals surface area contributed by atoms with Crippen LogP contribution in [0.4, 0.5) is 10.1 Å². The minimum atomic E-state index is -2.82. The molecule has 5 rings (SSSR count). The van der Waals surface area contributed by atoms with E-state index >= 15 is 4.39 Å². The van der Waals surface area contributed by atoms with Crippen LogP contribution < -0.4 is 11.1 Å². The highest BCUT2D eigenvalue weighted by Gasteiger charge is 2.64. The summed E-state index contributed by atoms with van der Waals surface area (Å²) in [4.78, 5) is 52.9.